The summed E-state index contributed by atoms with van der Waals surface area (Å²) in [5, 5.41) is 38.5. The Bertz CT molecular complexity index is 505. The molecule has 0 amide bonds. The molecule has 148 valence electrons. The molecule has 1 aromatic carbocycles. The van der Waals surface area contributed by atoms with E-state index in [0.29, 0.717) is 13.2 Å². The van der Waals surface area contributed by atoms with Crippen molar-refractivity contribution in [2.24, 2.45) is 0 Å². The molecule has 2 rings (SSSR count). The maximum Gasteiger partial charge on any atom is 0.186 e. The van der Waals surface area contributed by atoms with Gasteiger partial charge in [-0.1, -0.05) is 19.1 Å². The van der Waals surface area contributed by atoms with Gasteiger partial charge >= 0.3 is 0 Å². The number of unbranched alkanes of at least 4 members (excludes halogenated alkanes) is 1. The first kappa shape index (κ1) is 21.1. The van der Waals surface area contributed by atoms with Gasteiger partial charge in [0.25, 0.3) is 0 Å². The summed E-state index contributed by atoms with van der Waals surface area (Å²) in [4.78, 5) is 0. The summed E-state index contributed by atoms with van der Waals surface area (Å²) < 4.78 is 16.3. The lowest BCUT2D eigenvalue weighted by Gasteiger charge is -2.39. The van der Waals surface area contributed by atoms with Crippen LogP contribution in [0.3, 0.4) is 0 Å². The summed E-state index contributed by atoms with van der Waals surface area (Å²) in [7, 11) is 0. The number of hydrogen-bond donors (Lipinski definition) is 4. The lowest BCUT2D eigenvalue weighted by Crippen LogP contribution is -2.59. The van der Waals surface area contributed by atoms with Gasteiger partial charge in [0, 0.05) is 6.61 Å². The third kappa shape index (κ3) is 5.90. The molecule has 1 aliphatic heterocycles. The van der Waals surface area contributed by atoms with Crippen molar-refractivity contribution >= 4 is 0 Å². The van der Waals surface area contributed by atoms with Crippen molar-refractivity contribution in [1.82, 2.24) is 0 Å². The first-order chi connectivity index (χ1) is 12.6. The Labute approximate surface area is 154 Å². The second-order valence-corrected chi connectivity index (χ2v) is 6.52. The maximum absolute atomic E-state index is 9.89. The van der Waals surface area contributed by atoms with Gasteiger partial charge in [-0.15, -0.1) is 0 Å². The molecule has 1 fully saturated rings. The largest absolute Gasteiger partial charge is 0.494 e. The number of rotatable bonds is 10. The molecule has 0 radical (unpaired) electrons. The zero-order chi connectivity index (χ0) is 18.9. The Morgan fingerprint density at radius 3 is 2.35 bits per heavy atom. The van der Waals surface area contributed by atoms with Gasteiger partial charge in [-0.2, -0.15) is 0 Å². The van der Waals surface area contributed by atoms with Gasteiger partial charge in [-0.05, 0) is 43.4 Å². The van der Waals surface area contributed by atoms with Crippen molar-refractivity contribution in [2.45, 2.75) is 63.3 Å². The molecule has 0 saturated carbocycles. The molecule has 0 spiro atoms. The third-order valence-electron chi connectivity index (χ3n) is 4.39. The highest BCUT2D eigenvalue weighted by Gasteiger charge is 2.43. The van der Waals surface area contributed by atoms with Crippen LogP contribution in [-0.2, 0) is 15.9 Å². The Morgan fingerprint density at radius 1 is 0.962 bits per heavy atom. The summed E-state index contributed by atoms with van der Waals surface area (Å²) in [5.74, 6) is 0.876. The first-order valence-corrected chi connectivity index (χ1v) is 9.20. The van der Waals surface area contributed by atoms with E-state index in [1.165, 1.54) is 5.56 Å². The highest BCUT2D eigenvalue weighted by atomic mass is 16.7. The monoisotopic (exact) mass is 370 g/mol. The highest BCUT2D eigenvalue weighted by Crippen LogP contribution is 2.22. The lowest BCUT2D eigenvalue weighted by atomic mass is 9.99. The van der Waals surface area contributed by atoms with E-state index in [4.69, 9.17) is 19.3 Å². The summed E-state index contributed by atoms with van der Waals surface area (Å²) in [6, 6.07) is 8.03. The van der Waals surface area contributed by atoms with Crippen molar-refractivity contribution in [2.75, 3.05) is 19.8 Å². The number of hydrogen-bond acceptors (Lipinski definition) is 7. The average molecular weight is 370 g/mol. The minimum atomic E-state index is -1.40. The van der Waals surface area contributed by atoms with E-state index in [1.54, 1.807) is 0 Å². The standard InChI is InChI=1S/C19H30O7/c1-2-10-24-14-8-6-13(7-9-14)5-3-4-11-25-19-18(23)17(22)16(21)15(12-20)26-19/h6-9,15-23H,2-5,10-12H2,1H3. The van der Waals surface area contributed by atoms with Gasteiger partial charge in [0.1, 0.15) is 30.2 Å². The van der Waals surface area contributed by atoms with Crippen molar-refractivity contribution in [3.8, 4) is 5.75 Å². The zero-order valence-corrected chi connectivity index (χ0v) is 15.2. The Morgan fingerprint density at radius 2 is 1.69 bits per heavy atom. The predicted octanol–water partition coefficient (Wildman–Crippen LogP) is 0.615. The second kappa shape index (κ2) is 10.8. The molecule has 0 aliphatic carbocycles. The topological polar surface area (TPSA) is 109 Å². The molecule has 26 heavy (non-hydrogen) atoms. The first-order valence-electron chi connectivity index (χ1n) is 9.20. The number of aliphatic hydroxyl groups excluding tert-OH is 4. The SMILES string of the molecule is CCCOc1ccc(CCCCOC2OC(CO)C(O)C(O)C2O)cc1. The summed E-state index contributed by atoms with van der Waals surface area (Å²) in [6.07, 6.45) is -2.58. The lowest BCUT2D eigenvalue weighted by molar-refractivity contribution is -0.301. The maximum atomic E-state index is 9.89. The van der Waals surface area contributed by atoms with Gasteiger partial charge in [-0.25, -0.2) is 0 Å². The highest BCUT2D eigenvalue weighted by molar-refractivity contribution is 5.27. The van der Waals surface area contributed by atoms with Gasteiger partial charge in [0.05, 0.1) is 13.2 Å². The van der Waals surface area contributed by atoms with Crippen LogP contribution in [0.1, 0.15) is 31.7 Å². The van der Waals surface area contributed by atoms with Gasteiger partial charge in [-0.3, -0.25) is 0 Å². The average Bonchev–Trinajstić information content (AvgIpc) is 2.66. The quantitative estimate of drug-likeness (QED) is 0.447. The fourth-order valence-electron chi connectivity index (χ4n) is 2.81. The normalized spacial score (nSPS) is 28.9. The van der Waals surface area contributed by atoms with Crippen LogP contribution in [0.4, 0.5) is 0 Å². The van der Waals surface area contributed by atoms with Crippen molar-refractivity contribution in [3.05, 3.63) is 29.8 Å². The molecule has 1 saturated heterocycles. The molecular formula is C19H30O7. The van der Waals surface area contributed by atoms with Gasteiger partial charge < -0.3 is 34.6 Å². The number of aryl methyl sites for hydroxylation is 1. The predicted molar refractivity (Wildman–Crippen MR) is 94.9 cm³/mol. The van der Waals surface area contributed by atoms with E-state index in [-0.39, 0.29) is 0 Å². The molecule has 4 N–H and O–H groups in total. The van der Waals surface area contributed by atoms with Gasteiger partial charge in [0.2, 0.25) is 0 Å². The van der Waals surface area contributed by atoms with Crippen molar-refractivity contribution in [3.63, 3.8) is 0 Å². The molecule has 0 bridgehead atoms. The van der Waals surface area contributed by atoms with Crippen molar-refractivity contribution < 1.29 is 34.6 Å². The van der Waals surface area contributed by atoms with Crippen LogP contribution in [0.5, 0.6) is 5.75 Å². The zero-order valence-electron chi connectivity index (χ0n) is 15.2. The van der Waals surface area contributed by atoms with Crippen LogP contribution in [0.25, 0.3) is 0 Å². The van der Waals surface area contributed by atoms with Crippen LogP contribution in [0, 0.1) is 0 Å². The molecule has 1 heterocycles. The fraction of sp³-hybridized carbons (Fsp3) is 0.684. The minimum Gasteiger partial charge on any atom is -0.494 e. The summed E-state index contributed by atoms with van der Waals surface area (Å²) in [6.45, 7) is 2.68. The van der Waals surface area contributed by atoms with E-state index >= 15 is 0 Å². The number of benzene rings is 1. The van der Waals surface area contributed by atoms with Crippen LogP contribution < -0.4 is 4.74 Å². The van der Waals surface area contributed by atoms with E-state index in [1.807, 2.05) is 24.3 Å². The smallest absolute Gasteiger partial charge is 0.186 e. The van der Waals surface area contributed by atoms with Gasteiger partial charge in [0.15, 0.2) is 6.29 Å². The number of ether oxygens (including phenoxy) is 3. The summed E-state index contributed by atoms with van der Waals surface area (Å²) >= 11 is 0. The summed E-state index contributed by atoms with van der Waals surface area (Å²) in [5.41, 5.74) is 1.21. The molecule has 5 unspecified atom stereocenters. The fourth-order valence-corrected chi connectivity index (χ4v) is 2.81. The molecule has 1 aromatic rings. The van der Waals surface area contributed by atoms with E-state index < -0.39 is 37.3 Å². The molecule has 1 aliphatic rings. The van der Waals surface area contributed by atoms with E-state index in [9.17, 15) is 15.3 Å². The van der Waals surface area contributed by atoms with Crippen LogP contribution >= 0.6 is 0 Å². The van der Waals surface area contributed by atoms with E-state index in [2.05, 4.69) is 6.92 Å². The van der Waals surface area contributed by atoms with E-state index in [0.717, 1.165) is 31.4 Å². The number of aliphatic hydroxyl groups is 4. The molecule has 7 heteroatoms. The molecule has 5 atom stereocenters. The minimum absolute atomic E-state index is 0.348. The van der Waals surface area contributed by atoms with Crippen LogP contribution in [0.15, 0.2) is 24.3 Å². The Kier molecular flexibility index (Phi) is 8.77. The molecular weight excluding hydrogens is 340 g/mol. The second-order valence-electron chi connectivity index (χ2n) is 6.52. The Balaban J connectivity index is 1.67. The molecule has 7 nitrogen and oxygen atoms in total. The van der Waals surface area contributed by atoms with Crippen LogP contribution in [-0.4, -0.2) is 71.0 Å². The van der Waals surface area contributed by atoms with Crippen molar-refractivity contribution in [1.29, 1.82) is 0 Å². The Hall–Kier alpha value is -1.22. The third-order valence-corrected chi connectivity index (χ3v) is 4.39. The molecule has 0 aromatic heterocycles. The van der Waals surface area contributed by atoms with Crippen LogP contribution in [0.2, 0.25) is 0 Å².